The summed E-state index contributed by atoms with van der Waals surface area (Å²) in [4.78, 5) is 14.6. The second-order valence-electron chi connectivity index (χ2n) is 4.10. The standard InChI is InChI=1S/C15H14FNO3/c1-19-10-20-15-4-2-3-14(17-15)12-6-5-11(7-8-18)9-13(12)16/h2-6,8-9H,7,10H2,1H3. The number of pyridine rings is 1. The molecule has 20 heavy (non-hydrogen) atoms. The summed E-state index contributed by atoms with van der Waals surface area (Å²) in [5, 5.41) is 0. The fourth-order valence-corrected chi connectivity index (χ4v) is 1.75. The molecule has 0 amide bonds. The van der Waals surface area contributed by atoms with Crippen LogP contribution in [0.2, 0.25) is 0 Å². The van der Waals surface area contributed by atoms with Crippen molar-refractivity contribution in [3.8, 4) is 17.1 Å². The minimum absolute atomic E-state index is 0.0806. The fourth-order valence-electron chi connectivity index (χ4n) is 1.75. The number of aromatic nitrogens is 1. The zero-order chi connectivity index (χ0) is 14.4. The number of benzene rings is 1. The molecular formula is C15H14FNO3. The molecule has 0 N–H and O–H groups in total. The number of halogens is 1. The van der Waals surface area contributed by atoms with E-state index in [1.165, 1.54) is 13.2 Å². The minimum atomic E-state index is -0.416. The van der Waals surface area contributed by atoms with Crippen molar-refractivity contribution in [2.24, 2.45) is 0 Å². The molecule has 2 rings (SSSR count). The molecule has 0 aliphatic carbocycles. The molecule has 104 valence electrons. The predicted molar refractivity (Wildman–Crippen MR) is 71.9 cm³/mol. The zero-order valence-electron chi connectivity index (χ0n) is 11.0. The van der Waals surface area contributed by atoms with E-state index in [2.05, 4.69) is 4.98 Å². The van der Waals surface area contributed by atoms with E-state index in [0.29, 0.717) is 22.7 Å². The van der Waals surface area contributed by atoms with Crippen LogP contribution in [0, 0.1) is 5.82 Å². The number of hydrogen-bond donors (Lipinski definition) is 0. The van der Waals surface area contributed by atoms with Crippen LogP contribution in [-0.4, -0.2) is 25.2 Å². The molecule has 0 fully saturated rings. The van der Waals surface area contributed by atoms with Gasteiger partial charge in [0, 0.05) is 25.2 Å². The van der Waals surface area contributed by atoms with Crippen LogP contribution in [0.1, 0.15) is 5.56 Å². The molecule has 5 heteroatoms. The first-order valence-electron chi connectivity index (χ1n) is 6.06. The number of ether oxygens (including phenoxy) is 2. The summed E-state index contributed by atoms with van der Waals surface area (Å²) in [6.07, 6.45) is 0.938. The third kappa shape index (κ3) is 3.39. The number of aldehydes is 1. The third-order valence-electron chi connectivity index (χ3n) is 2.68. The molecule has 0 radical (unpaired) electrons. The molecule has 0 saturated carbocycles. The summed E-state index contributed by atoms with van der Waals surface area (Å²) < 4.78 is 24.0. The molecular weight excluding hydrogens is 261 g/mol. The lowest BCUT2D eigenvalue weighted by Crippen LogP contribution is -2.01. The summed E-state index contributed by atoms with van der Waals surface area (Å²) in [5.41, 5.74) is 1.46. The Kier molecular flexibility index (Phi) is 4.79. The maximum atomic E-state index is 14.0. The number of carbonyl (C=O) groups excluding carboxylic acids is 1. The lowest BCUT2D eigenvalue weighted by Gasteiger charge is -2.07. The van der Waals surface area contributed by atoms with Crippen molar-refractivity contribution >= 4 is 6.29 Å². The van der Waals surface area contributed by atoms with E-state index < -0.39 is 5.82 Å². The highest BCUT2D eigenvalue weighted by Gasteiger charge is 2.08. The van der Waals surface area contributed by atoms with E-state index in [0.717, 1.165) is 6.29 Å². The number of hydrogen-bond acceptors (Lipinski definition) is 4. The topological polar surface area (TPSA) is 48.4 Å². The van der Waals surface area contributed by atoms with Gasteiger partial charge in [-0.1, -0.05) is 12.1 Å². The molecule has 1 aromatic heterocycles. The number of carbonyl (C=O) groups is 1. The summed E-state index contributed by atoms with van der Waals surface area (Å²) in [6, 6.07) is 9.74. The van der Waals surface area contributed by atoms with Crippen LogP contribution in [0.3, 0.4) is 0 Å². The van der Waals surface area contributed by atoms with Crippen LogP contribution in [0.4, 0.5) is 4.39 Å². The Hall–Kier alpha value is -2.27. The number of nitrogens with zero attached hydrogens (tertiary/aromatic N) is 1. The normalized spacial score (nSPS) is 10.3. The van der Waals surface area contributed by atoms with Crippen molar-refractivity contribution in [3.63, 3.8) is 0 Å². The van der Waals surface area contributed by atoms with Crippen LogP contribution in [-0.2, 0) is 16.0 Å². The van der Waals surface area contributed by atoms with Crippen LogP contribution < -0.4 is 4.74 Å². The predicted octanol–water partition coefficient (Wildman–Crippen LogP) is 2.61. The molecule has 0 saturated heterocycles. The smallest absolute Gasteiger partial charge is 0.216 e. The summed E-state index contributed by atoms with van der Waals surface area (Å²) in [7, 11) is 1.51. The Morgan fingerprint density at radius 3 is 2.85 bits per heavy atom. The quantitative estimate of drug-likeness (QED) is 0.600. The van der Waals surface area contributed by atoms with Gasteiger partial charge in [0.1, 0.15) is 12.1 Å². The minimum Gasteiger partial charge on any atom is -0.451 e. The van der Waals surface area contributed by atoms with Crippen molar-refractivity contribution in [2.45, 2.75) is 6.42 Å². The average molecular weight is 275 g/mol. The monoisotopic (exact) mass is 275 g/mol. The molecule has 0 aliphatic rings. The van der Waals surface area contributed by atoms with Crippen molar-refractivity contribution in [3.05, 3.63) is 47.8 Å². The van der Waals surface area contributed by atoms with Crippen molar-refractivity contribution in [2.75, 3.05) is 13.9 Å². The summed E-state index contributed by atoms with van der Waals surface area (Å²) in [6.45, 7) is 0.0806. The highest BCUT2D eigenvalue weighted by atomic mass is 19.1. The summed E-state index contributed by atoms with van der Waals surface area (Å²) in [5.74, 6) is -0.0542. The molecule has 1 heterocycles. The van der Waals surface area contributed by atoms with Gasteiger partial charge in [-0.3, -0.25) is 0 Å². The van der Waals surface area contributed by atoms with Gasteiger partial charge in [0.2, 0.25) is 5.88 Å². The lowest BCUT2D eigenvalue weighted by atomic mass is 10.1. The van der Waals surface area contributed by atoms with Gasteiger partial charge in [0.25, 0.3) is 0 Å². The Balaban J connectivity index is 2.28. The highest BCUT2D eigenvalue weighted by molar-refractivity contribution is 5.62. The average Bonchev–Trinajstić information content (AvgIpc) is 2.46. The second kappa shape index (κ2) is 6.77. The maximum Gasteiger partial charge on any atom is 0.216 e. The molecule has 0 atom stereocenters. The molecule has 0 unspecified atom stereocenters. The second-order valence-corrected chi connectivity index (χ2v) is 4.10. The Bertz CT molecular complexity index is 601. The van der Waals surface area contributed by atoms with Gasteiger partial charge >= 0.3 is 0 Å². The van der Waals surface area contributed by atoms with E-state index in [9.17, 15) is 9.18 Å². The third-order valence-corrected chi connectivity index (χ3v) is 2.68. The first-order chi connectivity index (χ1) is 9.74. The van der Waals surface area contributed by atoms with E-state index in [-0.39, 0.29) is 13.2 Å². The van der Waals surface area contributed by atoms with E-state index >= 15 is 0 Å². The Morgan fingerprint density at radius 1 is 1.30 bits per heavy atom. The first kappa shape index (κ1) is 14.1. The van der Waals surface area contributed by atoms with Gasteiger partial charge in [-0.2, -0.15) is 0 Å². The molecule has 0 bridgehead atoms. The largest absolute Gasteiger partial charge is 0.451 e. The van der Waals surface area contributed by atoms with E-state index in [1.807, 2.05) is 0 Å². The maximum absolute atomic E-state index is 14.0. The summed E-state index contributed by atoms with van der Waals surface area (Å²) >= 11 is 0. The van der Waals surface area contributed by atoms with Gasteiger partial charge in [-0.15, -0.1) is 0 Å². The molecule has 1 aromatic carbocycles. The van der Waals surface area contributed by atoms with E-state index in [4.69, 9.17) is 9.47 Å². The van der Waals surface area contributed by atoms with Crippen molar-refractivity contribution in [1.29, 1.82) is 0 Å². The number of methoxy groups -OCH3 is 1. The van der Waals surface area contributed by atoms with Gasteiger partial charge in [-0.25, -0.2) is 9.37 Å². The van der Waals surface area contributed by atoms with Crippen LogP contribution in [0.25, 0.3) is 11.3 Å². The van der Waals surface area contributed by atoms with Gasteiger partial charge in [0.05, 0.1) is 5.69 Å². The highest BCUT2D eigenvalue weighted by Crippen LogP contribution is 2.23. The molecule has 0 spiro atoms. The first-order valence-corrected chi connectivity index (χ1v) is 6.06. The molecule has 0 aliphatic heterocycles. The molecule has 2 aromatic rings. The van der Waals surface area contributed by atoms with Gasteiger partial charge in [-0.05, 0) is 23.8 Å². The van der Waals surface area contributed by atoms with Crippen molar-refractivity contribution < 1.29 is 18.7 Å². The van der Waals surface area contributed by atoms with Crippen LogP contribution in [0.5, 0.6) is 5.88 Å². The Labute approximate surface area is 116 Å². The Morgan fingerprint density at radius 2 is 2.15 bits per heavy atom. The van der Waals surface area contributed by atoms with Crippen molar-refractivity contribution in [1.82, 2.24) is 4.98 Å². The SMILES string of the molecule is COCOc1cccc(-c2ccc(CC=O)cc2F)n1. The number of rotatable bonds is 6. The van der Waals surface area contributed by atoms with E-state index in [1.54, 1.807) is 30.3 Å². The van der Waals surface area contributed by atoms with Crippen LogP contribution in [0.15, 0.2) is 36.4 Å². The van der Waals surface area contributed by atoms with Gasteiger partial charge < -0.3 is 14.3 Å². The molecule has 4 nitrogen and oxygen atoms in total. The zero-order valence-corrected chi connectivity index (χ0v) is 11.0. The fraction of sp³-hybridized carbons (Fsp3) is 0.200. The van der Waals surface area contributed by atoms with Crippen LogP contribution >= 0.6 is 0 Å². The lowest BCUT2D eigenvalue weighted by molar-refractivity contribution is -0.107. The van der Waals surface area contributed by atoms with Gasteiger partial charge in [0.15, 0.2) is 6.79 Å².